The van der Waals surface area contributed by atoms with E-state index < -0.39 is 29.4 Å². The predicted molar refractivity (Wildman–Crippen MR) is 154 cm³/mol. The van der Waals surface area contributed by atoms with Gasteiger partial charge in [-0.2, -0.15) is 26.3 Å². The molecule has 3 heterocycles. The maximum absolute atomic E-state index is 14.1. The van der Waals surface area contributed by atoms with Crippen LogP contribution in [0, 0.1) is 0 Å². The zero-order chi connectivity index (χ0) is 30.8. The van der Waals surface area contributed by atoms with Crippen molar-refractivity contribution in [2.45, 2.75) is 57.5 Å². The lowest BCUT2D eigenvalue weighted by atomic mass is 10.0. The second-order valence-electron chi connectivity index (χ2n) is 11.8. The third-order valence-electron chi connectivity index (χ3n) is 8.97. The molecule has 6 nitrogen and oxygen atoms in total. The van der Waals surface area contributed by atoms with E-state index in [0.717, 1.165) is 76.6 Å². The summed E-state index contributed by atoms with van der Waals surface area (Å²) in [5, 5.41) is 2.42. The Bertz CT molecular complexity index is 1260. The SMILES string of the molecule is CCN1CCN(Cc2ccc(NC(=O)c3cc(N4CCC(N5CCCC5)CC4)cc(C(F)(F)F)c3)cc2C(F)(F)F)CC1. The molecule has 0 saturated carbocycles. The molecule has 236 valence electrons. The number of hydrogen-bond donors (Lipinski definition) is 1. The van der Waals surface area contributed by atoms with E-state index in [1.165, 1.54) is 18.2 Å². The van der Waals surface area contributed by atoms with Crippen molar-refractivity contribution in [2.75, 3.05) is 69.1 Å². The molecular formula is C31H39F6N5O. The first-order valence-electron chi connectivity index (χ1n) is 15.1. The summed E-state index contributed by atoms with van der Waals surface area (Å²) in [5.74, 6) is -0.893. The molecule has 3 aliphatic rings. The Hall–Kier alpha value is -2.83. The van der Waals surface area contributed by atoms with Gasteiger partial charge in [0, 0.05) is 68.8 Å². The number of halogens is 6. The fourth-order valence-electron chi connectivity index (χ4n) is 6.45. The van der Waals surface area contributed by atoms with Gasteiger partial charge >= 0.3 is 12.4 Å². The maximum Gasteiger partial charge on any atom is 0.416 e. The average molecular weight is 612 g/mol. The number of nitrogens with one attached hydrogen (secondary N) is 1. The van der Waals surface area contributed by atoms with Crippen molar-refractivity contribution in [3.63, 3.8) is 0 Å². The van der Waals surface area contributed by atoms with E-state index in [2.05, 4.69) is 15.1 Å². The number of likely N-dealkylation sites (N-methyl/N-ethyl adjacent to an activating group) is 1. The van der Waals surface area contributed by atoms with Gasteiger partial charge in [0.2, 0.25) is 0 Å². The highest BCUT2D eigenvalue weighted by molar-refractivity contribution is 6.05. The Kier molecular flexibility index (Phi) is 9.58. The minimum atomic E-state index is -4.69. The van der Waals surface area contributed by atoms with E-state index in [1.807, 2.05) is 16.7 Å². The summed E-state index contributed by atoms with van der Waals surface area (Å²) in [7, 11) is 0. The lowest BCUT2D eigenvalue weighted by molar-refractivity contribution is -0.139. The van der Waals surface area contributed by atoms with Crippen LogP contribution in [0.25, 0.3) is 0 Å². The van der Waals surface area contributed by atoms with Crippen LogP contribution in [0.5, 0.6) is 0 Å². The number of amides is 1. The summed E-state index contributed by atoms with van der Waals surface area (Å²) >= 11 is 0. The monoisotopic (exact) mass is 611 g/mol. The molecule has 1 N–H and O–H groups in total. The average Bonchev–Trinajstić information content (AvgIpc) is 3.52. The van der Waals surface area contributed by atoms with Crippen LogP contribution in [0.1, 0.15) is 59.7 Å². The van der Waals surface area contributed by atoms with Gasteiger partial charge < -0.3 is 20.0 Å². The third-order valence-corrected chi connectivity index (χ3v) is 8.97. The van der Waals surface area contributed by atoms with Crippen molar-refractivity contribution < 1.29 is 31.1 Å². The molecule has 5 rings (SSSR count). The minimum Gasteiger partial charge on any atom is -0.371 e. The van der Waals surface area contributed by atoms with Crippen LogP contribution in [0.4, 0.5) is 37.7 Å². The molecule has 3 fully saturated rings. The van der Waals surface area contributed by atoms with E-state index in [1.54, 1.807) is 0 Å². The lowest BCUT2D eigenvalue weighted by Crippen LogP contribution is -2.45. The van der Waals surface area contributed by atoms with Crippen LogP contribution in [0.15, 0.2) is 36.4 Å². The van der Waals surface area contributed by atoms with Crippen LogP contribution in [0.2, 0.25) is 0 Å². The molecule has 0 unspecified atom stereocenters. The van der Waals surface area contributed by atoms with Gasteiger partial charge in [0.15, 0.2) is 0 Å². The second kappa shape index (κ2) is 13.0. The zero-order valence-corrected chi connectivity index (χ0v) is 24.4. The molecule has 0 bridgehead atoms. The maximum atomic E-state index is 14.1. The Balaban J connectivity index is 1.33. The van der Waals surface area contributed by atoms with Crippen molar-refractivity contribution in [2.24, 2.45) is 0 Å². The first kappa shape index (κ1) is 31.6. The molecule has 0 spiro atoms. The molecule has 2 aromatic carbocycles. The lowest BCUT2D eigenvalue weighted by Gasteiger charge is -2.38. The number of nitrogens with zero attached hydrogens (tertiary/aromatic N) is 4. The van der Waals surface area contributed by atoms with Gasteiger partial charge in [-0.05, 0) is 81.2 Å². The summed E-state index contributed by atoms with van der Waals surface area (Å²) in [6.07, 6.45) is -5.39. The van der Waals surface area contributed by atoms with Crippen LogP contribution in [-0.4, -0.2) is 85.6 Å². The number of hydrogen-bond acceptors (Lipinski definition) is 5. The largest absolute Gasteiger partial charge is 0.416 e. The molecule has 2 aromatic rings. The highest BCUT2D eigenvalue weighted by Crippen LogP contribution is 2.36. The number of rotatable bonds is 7. The third kappa shape index (κ3) is 7.82. The van der Waals surface area contributed by atoms with Gasteiger partial charge in [-0.1, -0.05) is 13.0 Å². The first-order chi connectivity index (χ1) is 20.4. The summed E-state index contributed by atoms with van der Waals surface area (Å²) in [6, 6.07) is 7.19. The Morgan fingerprint density at radius 1 is 0.814 bits per heavy atom. The molecular weight excluding hydrogens is 572 g/mol. The molecule has 3 saturated heterocycles. The quantitative estimate of drug-likeness (QED) is 0.379. The Labute approximate surface area is 248 Å². The van der Waals surface area contributed by atoms with E-state index in [9.17, 15) is 31.1 Å². The Morgan fingerprint density at radius 3 is 2.07 bits per heavy atom. The molecule has 0 atom stereocenters. The van der Waals surface area contributed by atoms with Gasteiger partial charge in [0.05, 0.1) is 11.1 Å². The number of carbonyl (C=O) groups excluding carboxylic acids is 1. The van der Waals surface area contributed by atoms with Crippen molar-refractivity contribution in [1.82, 2.24) is 14.7 Å². The van der Waals surface area contributed by atoms with Crippen LogP contribution < -0.4 is 10.2 Å². The summed E-state index contributed by atoms with van der Waals surface area (Å²) < 4.78 is 83.7. The van der Waals surface area contributed by atoms with Crippen molar-refractivity contribution >= 4 is 17.3 Å². The van der Waals surface area contributed by atoms with Gasteiger partial charge in [0.25, 0.3) is 5.91 Å². The van der Waals surface area contributed by atoms with Crippen molar-refractivity contribution in [3.8, 4) is 0 Å². The number of benzene rings is 2. The number of carbonyl (C=O) groups is 1. The zero-order valence-electron chi connectivity index (χ0n) is 24.4. The number of piperazine rings is 1. The van der Waals surface area contributed by atoms with Crippen LogP contribution in [-0.2, 0) is 18.9 Å². The van der Waals surface area contributed by atoms with Gasteiger partial charge in [-0.25, -0.2) is 0 Å². The first-order valence-corrected chi connectivity index (χ1v) is 15.1. The molecule has 1 amide bonds. The smallest absolute Gasteiger partial charge is 0.371 e. The molecule has 0 aromatic heterocycles. The molecule has 43 heavy (non-hydrogen) atoms. The number of piperidine rings is 1. The van der Waals surface area contributed by atoms with Gasteiger partial charge in [-0.15, -0.1) is 0 Å². The molecule has 0 aliphatic carbocycles. The predicted octanol–water partition coefficient (Wildman–Crippen LogP) is 6.18. The van der Waals surface area contributed by atoms with E-state index in [4.69, 9.17) is 0 Å². The summed E-state index contributed by atoms with van der Waals surface area (Å²) in [6.45, 7) is 9.13. The highest BCUT2D eigenvalue weighted by Gasteiger charge is 2.36. The standard InChI is InChI=1S/C31H39F6N5O/c1-2-39-13-15-40(16-14-39)21-22-5-6-25(20-28(22)31(35,36)37)38-29(43)23-17-24(30(32,33)34)19-27(18-23)42-11-7-26(8-12-42)41-9-3-4-10-41/h5-6,17-20,26H,2-4,7-16,21H2,1H3,(H,38,43). The van der Waals surface area contributed by atoms with Crippen molar-refractivity contribution in [1.29, 1.82) is 0 Å². The second-order valence-corrected chi connectivity index (χ2v) is 11.8. The molecule has 12 heteroatoms. The fourth-order valence-corrected chi connectivity index (χ4v) is 6.45. The normalized spacial score (nSPS) is 20.1. The number of anilines is 2. The van der Waals surface area contributed by atoms with Crippen LogP contribution >= 0.6 is 0 Å². The van der Waals surface area contributed by atoms with Gasteiger partial charge in [-0.3, -0.25) is 9.69 Å². The molecule has 0 radical (unpaired) electrons. The van der Waals surface area contributed by atoms with Gasteiger partial charge in [0.1, 0.15) is 0 Å². The van der Waals surface area contributed by atoms with E-state index in [-0.39, 0.29) is 29.0 Å². The van der Waals surface area contributed by atoms with E-state index >= 15 is 0 Å². The number of alkyl halides is 6. The number of likely N-dealkylation sites (tertiary alicyclic amines) is 1. The Morgan fingerprint density at radius 2 is 1.47 bits per heavy atom. The molecule has 3 aliphatic heterocycles. The van der Waals surface area contributed by atoms with Crippen LogP contribution in [0.3, 0.4) is 0 Å². The summed E-state index contributed by atoms with van der Waals surface area (Å²) in [5.41, 5.74) is -1.83. The van der Waals surface area contributed by atoms with Crippen molar-refractivity contribution in [3.05, 3.63) is 58.7 Å². The fraction of sp³-hybridized carbons (Fsp3) is 0.581. The summed E-state index contributed by atoms with van der Waals surface area (Å²) in [4.78, 5) is 21.7. The highest BCUT2D eigenvalue weighted by atomic mass is 19.4. The topological polar surface area (TPSA) is 42.1 Å². The minimum absolute atomic E-state index is 0.0918. The van der Waals surface area contributed by atoms with E-state index in [0.29, 0.717) is 32.2 Å².